The Balaban J connectivity index is 4.14. The van der Waals surface area contributed by atoms with Gasteiger partial charge in [-0.2, -0.15) is 0 Å². The second-order valence-corrected chi connectivity index (χ2v) is 21.4. The minimum atomic E-state index is -0.763. The third kappa shape index (κ3) is 51.8. The summed E-state index contributed by atoms with van der Waals surface area (Å²) in [6.45, 7) is 11.4. The normalized spacial score (nSPS) is 12.5. The lowest BCUT2D eigenvalue weighted by molar-refractivity contribution is -0.167. The van der Waals surface area contributed by atoms with Crippen LogP contribution >= 0.6 is 0 Å². The van der Waals surface area contributed by atoms with Crippen LogP contribution in [0.15, 0.2) is 0 Å². The number of esters is 3. The molecule has 0 aliphatic rings. The van der Waals surface area contributed by atoms with Gasteiger partial charge in [0.05, 0.1) is 0 Å². The second kappa shape index (κ2) is 52.8. The van der Waals surface area contributed by atoms with Gasteiger partial charge in [0, 0.05) is 19.3 Å². The van der Waals surface area contributed by atoms with Gasteiger partial charge >= 0.3 is 17.9 Å². The third-order valence-electron chi connectivity index (χ3n) is 14.1. The lowest BCUT2D eigenvalue weighted by Gasteiger charge is -2.18. The molecule has 0 aromatic heterocycles. The van der Waals surface area contributed by atoms with Crippen LogP contribution in [-0.4, -0.2) is 37.2 Å². The van der Waals surface area contributed by atoms with Gasteiger partial charge in [-0.15, -0.1) is 0 Å². The van der Waals surface area contributed by atoms with Crippen LogP contribution in [0.2, 0.25) is 0 Å². The van der Waals surface area contributed by atoms with Gasteiger partial charge in [0.15, 0.2) is 6.10 Å². The number of ether oxygens (including phenoxy) is 3. The quantitative estimate of drug-likeness (QED) is 0.0343. The summed E-state index contributed by atoms with van der Waals surface area (Å²) in [4.78, 5) is 38.1. The second-order valence-electron chi connectivity index (χ2n) is 21.4. The molecular weight excluding hydrogens is 817 g/mol. The molecular formula is C60H116O6. The molecule has 0 spiro atoms. The number of carbonyl (C=O) groups excluding carboxylic acids is 3. The van der Waals surface area contributed by atoms with Crippen LogP contribution in [0, 0.1) is 11.8 Å². The molecule has 1 unspecified atom stereocenters. The molecule has 2 atom stereocenters. The van der Waals surface area contributed by atoms with E-state index in [4.69, 9.17) is 14.2 Å². The highest BCUT2D eigenvalue weighted by atomic mass is 16.6. The molecule has 0 radical (unpaired) electrons. The van der Waals surface area contributed by atoms with E-state index in [-0.39, 0.29) is 31.1 Å². The van der Waals surface area contributed by atoms with Gasteiger partial charge in [0.1, 0.15) is 13.2 Å². The van der Waals surface area contributed by atoms with Crippen molar-refractivity contribution in [3.05, 3.63) is 0 Å². The summed E-state index contributed by atoms with van der Waals surface area (Å²) in [6.07, 6.45) is 56.9. The van der Waals surface area contributed by atoms with Gasteiger partial charge in [-0.1, -0.05) is 298 Å². The Bertz CT molecular complexity index is 1010. The van der Waals surface area contributed by atoms with Crippen LogP contribution in [0.3, 0.4) is 0 Å². The van der Waals surface area contributed by atoms with Crippen LogP contribution in [0.4, 0.5) is 0 Å². The van der Waals surface area contributed by atoms with Crippen LogP contribution in [-0.2, 0) is 28.6 Å². The van der Waals surface area contributed by atoms with E-state index in [1.807, 2.05) is 0 Å². The van der Waals surface area contributed by atoms with Crippen molar-refractivity contribution in [2.45, 2.75) is 343 Å². The van der Waals surface area contributed by atoms with Crippen LogP contribution < -0.4 is 0 Å². The highest BCUT2D eigenvalue weighted by Crippen LogP contribution is 2.19. The molecule has 0 heterocycles. The molecule has 0 N–H and O–H groups in total. The Morgan fingerprint density at radius 1 is 0.318 bits per heavy atom. The molecule has 0 amide bonds. The zero-order valence-corrected chi connectivity index (χ0v) is 45.3. The van der Waals surface area contributed by atoms with E-state index in [0.717, 1.165) is 69.6 Å². The fourth-order valence-corrected chi connectivity index (χ4v) is 9.20. The molecule has 6 nitrogen and oxygen atoms in total. The summed E-state index contributed by atoms with van der Waals surface area (Å²) in [5, 5.41) is 0. The first-order valence-corrected chi connectivity index (χ1v) is 29.8. The van der Waals surface area contributed by atoms with E-state index in [9.17, 15) is 14.4 Å². The molecule has 0 fully saturated rings. The summed E-state index contributed by atoms with van der Waals surface area (Å²) in [7, 11) is 0. The summed E-state index contributed by atoms with van der Waals surface area (Å²) in [6, 6.07) is 0. The largest absolute Gasteiger partial charge is 0.462 e. The maximum atomic E-state index is 12.8. The number of hydrogen-bond donors (Lipinski definition) is 0. The van der Waals surface area contributed by atoms with E-state index in [1.165, 1.54) is 225 Å². The maximum Gasteiger partial charge on any atom is 0.306 e. The van der Waals surface area contributed by atoms with Gasteiger partial charge in [0.2, 0.25) is 0 Å². The molecule has 0 aliphatic heterocycles. The van der Waals surface area contributed by atoms with E-state index in [1.54, 1.807) is 0 Å². The van der Waals surface area contributed by atoms with Crippen molar-refractivity contribution >= 4 is 17.9 Å². The average molecular weight is 934 g/mol. The van der Waals surface area contributed by atoms with Crippen LogP contribution in [0.25, 0.3) is 0 Å². The third-order valence-corrected chi connectivity index (χ3v) is 14.1. The van der Waals surface area contributed by atoms with Gasteiger partial charge in [-0.05, 0) is 31.1 Å². The van der Waals surface area contributed by atoms with Crippen molar-refractivity contribution in [2.75, 3.05) is 13.2 Å². The molecule has 0 saturated carbocycles. The highest BCUT2D eigenvalue weighted by molar-refractivity contribution is 5.71. The van der Waals surface area contributed by atoms with Crippen molar-refractivity contribution in [1.29, 1.82) is 0 Å². The Hall–Kier alpha value is -1.59. The van der Waals surface area contributed by atoms with E-state index >= 15 is 0 Å². The Morgan fingerprint density at radius 2 is 0.576 bits per heavy atom. The number of rotatable bonds is 54. The topological polar surface area (TPSA) is 78.9 Å². The molecule has 6 heteroatoms. The number of hydrogen-bond acceptors (Lipinski definition) is 6. The summed E-state index contributed by atoms with van der Waals surface area (Å²) >= 11 is 0. The van der Waals surface area contributed by atoms with Crippen molar-refractivity contribution in [3.8, 4) is 0 Å². The summed E-state index contributed by atoms with van der Waals surface area (Å²) in [5.74, 6) is 0.824. The lowest BCUT2D eigenvalue weighted by Crippen LogP contribution is -2.30. The van der Waals surface area contributed by atoms with E-state index in [0.29, 0.717) is 19.3 Å². The average Bonchev–Trinajstić information content (AvgIpc) is 3.30. The van der Waals surface area contributed by atoms with Gasteiger partial charge < -0.3 is 14.2 Å². The monoisotopic (exact) mass is 933 g/mol. The predicted molar refractivity (Wildman–Crippen MR) is 284 cm³/mol. The summed E-state index contributed by atoms with van der Waals surface area (Å²) < 4.78 is 16.9. The fourth-order valence-electron chi connectivity index (χ4n) is 9.20. The molecule has 0 aliphatic carbocycles. The molecule has 0 bridgehead atoms. The van der Waals surface area contributed by atoms with E-state index < -0.39 is 6.10 Å². The van der Waals surface area contributed by atoms with Crippen LogP contribution in [0.5, 0.6) is 0 Å². The van der Waals surface area contributed by atoms with Gasteiger partial charge in [-0.3, -0.25) is 14.4 Å². The minimum Gasteiger partial charge on any atom is -0.462 e. The van der Waals surface area contributed by atoms with Gasteiger partial charge in [-0.25, -0.2) is 0 Å². The number of carbonyl (C=O) groups is 3. The maximum absolute atomic E-state index is 12.8. The van der Waals surface area contributed by atoms with Crippen molar-refractivity contribution < 1.29 is 28.6 Å². The van der Waals surface area contributed by atoms with Crippen molar-refractivity contribution in [1.82, 2.24) is 0 Å². The lowest BCUT2D eigenvalue weighted by atomic mass is 9.99. The fraction of sp³-hybridized carbons (Fsp3) is 0.950. The molecule has 0 aromatic carbocycles. The molecule has 66 heavy (non-hydrogen) atoms. The Kier molecular flexibility index (Phi) is 51.5. The predicted octanol–water partition coefficient (Wildman–Crippen LogP) is 19.7. The summed E-state index contributed by atoms with van der Waals surface area (Å²) in [5.41, 5.74) is 0. The first kappa shape index (κ1) is 64.4. The zero-order valence-electron chi connectivity index (χ0n) is 45.3. The van der Waals surface area contributed by atoms with Crippen molar-refractivity contribution in [2.24, 2.45) is 11.8 Å². The molecule has 0 saturated heterocycles. The van der Waals surface area contributed by atoms with Crippen LogP contribution in [0.1, 0.15) is 336 Å². The SMILES string of the molecule is CCCCCCCCCCCCCCCCCCCC(=O)OC[C@@H](COC(=O)CCCCCCCCCCCCCCCCCCCCC(C)CC)OC(=O)CCCCCCCCC(C)C. The number of unbranched alkanes of at least 4 members (excludes halogenated alkanes) is 38. The van der Waals surface area contributed by atoms with Crippen molar-refractivity contribution in [3.63, 3.8) is 0 Å². The standard InChI is InChI=1S/C60H116O6/c1-6-8-9-10-11-12-13-14-15-18-22-25-28-31-34-40-45-50-58(61)64-53-57(66-60(63)52-47-42-37-36-38-43-48-55(3)4)54-65-59(62)51-46-41-35-32-29-26-23-20-17-16-19-21-24-27-30-33-39-44-49-56(5)7-2/h55-57H,6-54H2,1-5H3/t56?,57-/m0/s1. The first-order valence-electron chi connectivity index (χ1n) is 29.8. The van der Waals surface area contributed by atoms with Gasteiger partial charge in [0.25, 0.3) is 0 Å². The molecule has 0 aromatic rings. The zero-order chi connectivity index (χ0) is 48.2. The van der Waals surface area contributed by atoms with E-state index in [2.05, 4.69) is 34.6 Å². The Labute approximate surface area is 412 Å². The minimum absolute atomic E-state index is 0.0639. The Morgan fingerprint density at radius 3 is 0.864 bits per heavy atom. The highest BCUT2D eigenvalue weighted by Gasteiger charge is 2.19. The molecule has 392 valence electrons. The molecule has 0 rings (SSSR count). The smallest absolute Gasteiger partial charge is 0.306 e. The first-order chi connectivity index (χ1) is 32.3.